The third-order valence-electron chi connectivity index (χ3n) is 3.43. The summed E-state index contributed by atoms with van der Waals surface area (Å²) in [5.41, 5.74) is 2.69. The second-order valence-electron chi connectivity index (χ2n) is 4.99. The van der Waals surface area contributed by atoms with Crippen LogP contribution in [-0.4, -0.2) is 27.8 Å². The predicted molar refractivity (Wildman–Crippen MR) is 89.6 cm³/mol. The first kappa shape index (κ1) is 16.6. The van der Waals surface area contributed by atoms with Crippen molar-refractivity contribution in [2.24, 2.45) is 0 Å². The molecule has 0 aliphatic carbocycles. The van der Waals surface area contributed by atoms with Crippen molar-refractivity contribution >= 4 is 34.9 Å². The molecule has 2 aromatic rings. The van der Waals surface area contributed by atoms with Gasteiger partial charge in [0.2, 0.25) is 0 Å². The summed E-state index contributed by atoms with van der Waals surface area (Å²) in [6, 6.07) is 4.76. The van der Waals surface area contributed by atoms with Gasteiger partial charge in [0.15, 0.2) is 0 Å². The van der Waals surface area contributed by atoms with Crippen LogP contribution in [0.5, 0.6) is 0 Å². The third-order valence-corrected chi connectivity index (χ3v) is 4.17. The van der Waals surface area contributed by atoms with Crippen LogP contribution in [0.1, 0.15) is 18.2 Å². The van der Waals surface area contributed by atoms with Crippen molar-refractivity contribution < 1.29 is 4.79 Å². The lowest BCUT2D eigenvalue weighted by atomic mass is 10.2. The second-order valence-corrected chi connectivity index (χ2v) is 5.80. The van der Waals surface area contributed by atoms with Crippen LogP contribution in [-0.2, 0) is 13.1 Å². The fourth-order valence-corrected chi connectivity index (χ4v) is 2.38. The number of urea groups is 1. The van der Waals surface area contributed by atoms with Gasteiger partial charge in [-0.05, 0) is 32.0 Å². The number of anilines is 1. The molecular weight excluding hydrogens is 323 g/mol. The molecule has 2 amide bonds. The van der Waals surface area contributed by atoms with Crippen molar-refractivity contribution in [3.05, 3.63) is 45.7 Å². The minimum Gasteiger partial charge on any atom is -0.323 e. The maximum Gasteiger partial charge on any atom is 0.321 e. The van der Waals surface area contributed by atoms with Crippen molar-refractivity contribution in [1.29, 1.82) is 0 Å². The van der Waals surface area contributed by atoms with E-state index in [1.54, 1.807) is 36.3 Å². The molecule has 0 saturated carbocycles. The average Bonchev–Trinajstić information content (AvgIpc) is 2.83. The molecule has 0 atom stereocenters. The molecule has 0 radical (unpaired) electrons. The summed E-state index contributed by atoms with van der Waals surface area (Å²) in [5, 5.41) is 7.92. The standard InChI is InChI=1S/C15H18Cl2N4O/c1-4-21-10(2)11(8-18-21)9-20(3)15(22)19-12-5-6-13(16)14(17)7-12/h5-8H,4,9H2,1-3H3,(H,19,22). The monoisotopic (exact) mass is 340 g/mol. The summed E-state index contributed by atoms with van der Waals surface area (Å²) in [7, 11) is 1.73. The first-order valence-corrected chi connectivity index (χ1v) is 7.66. The predicted octanol–water partition coefficient (Wildman–Crippen LogP) is 4.18. The number of hydrogen-bond acceptors (Lipinski definition) is 2. The number of carbonyl (C=O) groups excluding carboxylic acids is 1. The molecule has 0 aliphatic heterocycles. The van der Waals surface area contributed by atoms with Gasteiger partial charge in [-0.15, -0.1) is 0 Å². The summed E-state index contributed by atoms with van der Waals surface area (Å²) in [6.45, 7) is 5.32. The lowest BCUT2D eigenvalue weighted by Crippen LogP contribution is -2.31. The van der Waals surface area contributed by atoms with Crippen LogP contribution >= 0.6 is 23.2 Å². The Morgan fingerprint density at radius 1 is 1.36 bits per heavy atom. The van der Waals surface area contributed by atoms with Crippen molar-refractivity contribution in [2.75, 3.05) is 12.4 Å². The molecule has 5 nitrogen and oxygen atoms in total. The van der Waals surface area contributed by atoms with E-state index in [0.717, 1.165) is 17.8 Å². The van der Waals surface area contributed by atoms with Crippen molar-refractivity contribution in [3.63, 3.8) is 0 Å². The highest BCUT2D eigenvalue weighted by molar-refractivity contribution is 6.42. The van der Waals surface area contributed by atoms with Crippen LogP contribution in [0.3, 0.4) is 0 Å². The fraction of sp³-hybridized carbons (Fsp3) is 0.333. The lowest BCUT2D eigenvalue weighted by molar-refractivity contribution is 0.220. The van der Waals surface area contributed by atoms with Gasteiger partial charge < -0.3 is 10.2 Å². The van der Waals surface area contributed by atoms with Crippen LogP contribution in [0.4, 0.5) is 10.5 Å². The molecule has 0 spiro atoms. The molecule has 0 bridgehead atoms. The maximum absolute atomic E-state index is 12.2. The zero-order valence-corrected chi connectivity index (χ0v) is 14.2. The van der Waals surface area contributed by atoms with Crippen LogP contribution in [0.2, 0.25) is 10.0 Å². The minimum atomic E-state index is -0.220. The van der Waals surface area contributed by atoms with E-state index in [2.05, 4.69) is 10.4 Å². The Morgan fingerprint density at radius 2 is 2.09 bits per heavy atom. The van der Waals surface area contributed by atoms with Gasteiger partial charge in [-0.2, -0.15) is 5.10 Å². The Morgan fingerprint density at radius 3 is 2.68 bits per heavy atom. The number of carbonyl (C=O) groups is 1. The van der Waals surface area contributed by atoms with Crippen LogP contribution < -0.4 is 5.32 Å². The lowest BCUT2D eigenvalue weighted by Gasteiger charge is -2.18. The Hall–Kier alpha value is -1.72. The van der Waals surface area contributed by atoms with Gasteiger partial charge in [0.25, 0.3) is 0 Å². The number of amides is 2. The molecule has 2 rings (SSSR count). The first-order chi connectivity index (χ1) is 10.4. The molecular formula is C15H18Cl2N4O. The van der Waals surface area contributed by atoms with Crippen molar-refractivity contribution in [2.45, 2.75) is 26.9 Å². The molecule has 1 N–H and O–H groups in total. The molecule has 0 aliphatic rings. The van der Waals surface area contributed by atoms with E-state index in [4.69, 9.17) is 23.2 Å². The molecule has 0 fully saturated rings. The minimum absolute atomic E-state index is 0.220. The van der Waals surface area contributed by atoms with E-state index in [1.807, 2.05) is 18.5 Å². The smallest absolute Gasteiger partial charge is 0.321 e. The van der Waals surface area contributed by atoms with Crippen LogP contribution in [0.15, 0.2) is 24.4 Å². The summed E-state index contributed by atoms with van der Waals surface area (Å²) < 4.78 is 1.90. The van der Waals surface area contributed by atoms with Gasteiger partial charge in [0.1, 0.15) is 0 Å². The quantitative estimate of drug-likeness (QED) is 0.907. The SMILES string of the molecule is CCn1ncc(CN(C)C(=O)Nc2ccc(Cl)c(Cl)c2)c1C. The van der Waals surface area contributed by atoms with Gasteiger partial charge in [0.05, 0.1) is 22.8 Å². The van der Waals surface area contributed by atoms with E-state index in [0.29, 0.717) is 22.3 Å². The average molecular weight is 341 g/mol. The van der Waals surface area contributed by atoms with Gasteiger partial charge in [0, 0.05) is 30.5 Å². The normalized spacial score (nSPS) is 10.6. The number of benzene rings is 1. The van der Waals surface area contributed by atoms with Crippen LogP contribution in [0, 0.1) is 6.92 Å². The number of aromatic nitrogens is 2. The first-order valence-electron chi connectivity index (χ1n) is 6.90. The zero-order chi connectivity index (χ0) is 16.3. The molecule has 1 heterocycles. The summed E-state index contributed by atoms with van der Waals surface area (Å²) in [5.74, 6) is 0. The second kappa shape index (κ2) is 7.03. The van der Waals surface area contributed by atoms with Gasteiger partial charge in [-0.25, -0.2) is 4.79 Å². The van der Waals surface area contributed by atoms with E-state index >= 15 is 0 Å². The number of halogens is 2. The molecule has 7 heteroatoms. The fourth-order valence-electron chi connectivity index (χ4n) is 2.08. The van der Waals surface area contributed by atoms with Crippen LogP contribution in [0.25, 0.3) is 0 Å². The highest BCUT2D eigenvalue weighted by Crippen LogP contribution is 2.25. The van der Waals surface area contributed by atoms with Crippen molar-refractivity contribution in [3.8, 4) is 0 Å². The Labute approximate surface area is 139 Å². The number of aryl methyl sites for hydroxylation is 1. The van der Waals surface area contributed by atoms with Gasteiger partial charge in [-0.3, -0.25) is 4.68 Å². The topological polar surface area (TPSA) is 50.2 Å². The number of rotatable bonds is 4. The largest absolute Gasteiger partial charge is 0.323 e. The van der Waals surface area contributed by atoms with Crippen molar-refractivity contribution in [1.82, 2.24) is 14.7 Å². The van der Waals surface area contributed by atoms with Gasteiger partial charge in [-0.1, -0.05) is 23.2 Å². The number of nitrogens with one attached hydrogen (secondary N) is 1. The van der Waals surface area contributed by atoms with E-state index < -0.39 is 0 Å². The number of hydrogen-bond donors (Lipinski definition) is 1. The summed E-state index contributed by atoms with van der Waals surface area (Å²) in [6.07, 6.45) is 1.79. The molecule has 1 aromatic carbocycles. The number of nitrogens with zero attached hydrogens (tertiary/aromatic N) is 3. The highest BCUT2D eigenvalue weighted by atomic mass is 35.5. The van der Waals surface area contributed by atoms with Gasteiger partial charge >= 0.3 is 6.03 Å². The van der Waals surface area contributed by atoms with E-state index in [9.17, 15) is 4.79 Å². The molecule has 118 valence electrons. The maximum atomic E-state index is 12.2. The van der Waals surface area contributed by atoms with E-state index in [-0.39, 0.29) is 6.03 Å². The molecule has 0 unspecified atom stereocenters. The highest BCUT2D eigenvalue weighted by Gasteiger charge is 2.13. The Kier molecular flexibility index (Phi) is 5.32. The molecule has 1 aromatic heterocycles. The molecule has 0 saturated heterocycles. The van der Waals surface area contributed by atoms with E-state index in [1.165, 1.54) is 0 Å². The third kappa shape index (κ3) is 3.72. The Bertz CT molecular complexity index is 684. The zero-order valence-electron chi connectivity index (χ0n) is 12.7. The Balaban J connectivity index is 2.02. The summed E-state index contributed by atoms with van der Waals surface area (Å²) >= 11 is 11.8. The molecule has 22 heavy (non-hydrogen) atoms. The summed E-state index contributed by atoms with van der Waals surface area (Å²) in [4.78, 5) is 13.8.